The molecule has 0 aromatic carbocycles. The summed E-state index contributed by atoms with van der Waals surface area (Å²) in [6, 6.07) is -0.125. The molecule has 3 saturated carbocycles. The Kier molecular flexibility index (Phi) is 20.7. The van der Waals surface area contributed by atoms with Crippen molar-refractivity contribution in [2.75, 3.05) is 13.1 Å². The fourth-order valence-corrected chi connectivity index (χ4v) is 12.3. The summed E-state index contributed by atoms with van der Waals surface area (Å²) < 4.78 is 17.0. The lowest BCUT2D eigenvalue weighted by Gasteiger charge is -2.58. The highest BCUT2D eigenvalue weighted by molar-refractivity contribution is 5.77. The molecule has 2 N–H and O–H groups in total. The number of nitrogens with one attached hydrogen (secondary N) is 2. The summed E-state index contributed by atoms with van der Waals surface area (Å²) in [7, 11) is 0. The van der Waals surface area contributed by atoms with Crippen molar-refractivity contribution in [2.24, 2.45) is 46.3 Å². The van der Waals surface area contributed by atoms with E-state index in [-0.39, 0.29) is 48.0 Å². The number of allylic oxidation sites excluding steroid dienone is 1. The minimum Gasteiger partial charge on any atom is -0.462 e. The van der Waals surface area contributed by atoms with Gasteiger partial charge in [0.25, 0.3) is 0 Å². The molecule has 3 fully saturated rings. The molecule has 10 nitrogen and oxygen atoms in total. The number of rotatable bonds is 23. The molecule has 0 bridgehead atoms. The molecule has 0 aromatic rings. The van der Waals surface area contributed by atoms with Gasteiger partial charge in [-0.3, -0.25) is 9.59 Å². The Hall–Kier alpha value is -2.78. The second kappa shape index (κ2) is 24.5. The summed E-state index contributed by atoms with van der Waals surface area (Å²) in [6.45, 7) is 28.6. The quantitative estimate of drug-likeness (QED) is 0.0453. The number of amides is 3. The number of hydrogen-bond donors (Lipinski definition) is 2. The molecule has 3 amide bonds. The van der Waals surface area contributed by atoms with E-state index in [0.29, 0.717) is 37.8 Å². The molecule has 10 atom stereocenters. The van der Waals surface area contributed by atoms with Crippen molar-refractivity contribution in [3.8, 4) is 0 Å². The van der Waals surface area contributed by atoms with E-state index in [2.05, 4.69) is 51.3 Å². The monoisotopic (exact) mass is 912 g/mol. The largest absolute Gasteiger partial charge is 0.462 e. The fourth-order valence-electron chi connectivity index (χ4n) is 12.3. The van der Waals surface area contributed by atoms with E-state index in [1.54, 1.807) is 0 Å². The highest BCUT2D eigenvalue weighted by Gasteiger charge is 2.58. The molecule has 2 unspecified atom stereocenters. The van der Waals surface area contributed by atoms with Crippen molar-refractivity contribution in [2.45, 2.75) is 254 Å². The standard InChI is InChI=1S/C55H97N3O7/c1-38(2)39(3)21-19-23-42-27-29-46-45-28-26-43-37-44(30-33-55(43,13)47(45)31-34-54(42,46)12)63-49(60)25-20-24-48(59)58(36-32-41(5)57-51(62)65-53(9,10)11)35-18-16-14-15-17-22-40(4)56-50(61)64-52(6,7)8/h26,38-42,44-47H,14-25,27-37H2,1-13H3,(H,56,61)(H,57,62)/t39-,40?,41?,42+,44+,45+,46+,47+,54-,55+/m1/s1. The number of fused-ring (bicyclic) bond motifs is 5. The maximum Gasteiger partial charge on any atom is 0.407 e. The number of nitrogens with zero attached hydrogens (tertiary/aromatic N) is 1. The normalized spacial score (nSPS) is 27.8. The zero-order chi connectivity index (χ0) is 48.2. The third-order valence-electron chi connectivity index (χ3n) is 16.5. The highest BCUT2D eigenvalue weighted by atomic mass is 16.6. The summed E-state index contributed by atoms with van der Waals surface area (Å²) in [6.07, 6.45) is 22.9. The first-order valence-corrected chi connectivity index (χ1v) is 26.6. The molecule has 0 aromatic heterocycles. The molecule has 0 radical (unpaired) electrons. The van der Waals surface area contributed by atoms with Crippen LogP contribution in [-0.2, 0) is 23.8 Å². The second-order valence-corrected chi connectivity index (χ2v) is 24.3. The highest BCUT2D eigenvalue weighted by Crippen LogP contribution is 2.67. The zero-order valence-electron chi connectivity index (χ0n) is 43.8. The molecule has 0 spiro atoms. The van der Waals surface area contributed by atoms with Crippen LogP contribution in [-0.4, -0.2) is 71.4 Å². The maximum absolute atomic E-state index is 13.7. The Morgan fingerprint density at radius 1 is 0.708 bits per heavy atom. The van der Waals surface area contributed by atoms with Crippen LogP contribution in [0.1, 0.15) is 225 Å². The predicted molar refractivity (Wildman–Crippen MR) is 263 cm³/mol. The minimum atomic E-state index is -0.586. The number of esters is 1. The van der Waals surface area contributed by atoms with Gasteiger partial charge in [0.2, 0.25) is 5.91 Å². The molecule has 4 aliphatic carbocycles. The molecule has 65 heavy (non-hydrogen) atoms. The van der Waals surface area contributed by atoms with Gasteiger partial charge in [0.15, 0.2) is 0 Å². The van der Waals surface area contributed by atoms with Crippen LogP contribution in [0.25, 0.3) is 0 Å². The van der Waals surface area contributed by atoms with E-state index < -0.39 is 17.3 Å². The van der Waals surface area contributed by atoms with Crippen LogP contribution in [0.15, 0.2) is 11.6 Å². The number of carbonyl (C=O) groups excluding carboxylic acids is 4. The van der Waals surface area contributed by atoms with Gasteiger partial charge >= 0.3 is 18.2 Å². The molecule has 374 valence electrons. The van der Waals surface area contributed by atoms with Crippen molar-refractivity contribution in [1.82, 2.24) is 15.5 Å². The molecule has 10 heteroatoms. The number of unbranched alkanes of at least 4 members (excludes halogenated alkanes) is 4. The number of carbonyl (C=O) groups is 4. The SMILES string of the molecule is CC(CCCCCCCN(CCC(C)NC(=O)OC(C)(C)C)C(=O)CCCC(=O)O[C@H]1CC[C@@]2(C)C(=CC[C@H]3[C@@H]4CC[C@H](CCC[C@@H](C)C(C)C)[C@@]4(C)CC[C@@H]32)C1)NC(=O)OC(C)(C)C. The lowest BCUT2D eigenvalue weighted by atomic mass is 9.47. The van der Waals surface area contributed by atoms with Gasteiger partial charge < -0.3 is 29.7 Å². The first-order valence-electron chi connectivity index (χ1n) is 26.6. The lowest BCUT2D eigenvalue weighted by Crippen LogP contribution is -2.50. The van der Waals surface area contributed by atoms with Gasteiger partial charge in [-0.2, -0.15) is 0 Å². The third-order valence-corrected chi connectivity index (χ3v) is 16.5. The minimum absolute atomic E-state index is 0.0394. The van der Waals surface area contributed by atoms with Crippen LogP contribution >= 0.6 is 0 Å². The molecular formula is C55H97N3O7. The summed E-state index contributed by atoms with van der Waals surface area (Å²) in [5, 5.41) is 5.83. The Labute approximate surface area is 397 Å². The van der Waals surface area contributed by atoms with E-state index in [4.69, 9.17) is 14.2 Å². The molecule has 0 aliphatic heterocycles. The zero-order valence-corrected chi connectivity index (χ0v) is 43.8. The molecule has 4 rings (SSSR count). The van der Waals surface area contributed by atoms with Crippen LogP contribution in [0.4, 0.5) is 9.59 Å². The number of alkyl carbamates (subject to hydrolysis) is 2. The van der Waals surface area contributed by atoms with Gasteiger partial charge in [-0.25, -0.2) is 9.59 Å². The van der Waals surface area contributed by atoms with E-state index in [9.17, 15) is 19.2 Å². The maximum atomic E-state index is 13.7. The second-order valence-electron chi connectivity index (χ2n) is 24.3. The van der Waals surface area contributed by atoms with Crippen molar-refractivity contribution < 1.29 is 33.4 Å². The topological polar surface area (TPSA) is 123 Å². The Bertz CT molecular complexity index is 1560. The van der Waals surface area contributed by atoms with Gasteiger partial charge in [0.05, 0.1) is 0 Å². The van der Waals surface area contributed by atoms with Gasteiger partial charge in [-0.05, 0) is 179 Å². The van der Waals surface area contributed by atoms with Crippen LogP contribution < -0.4 is 10.6 Å². The number of hydrogen-bond acceptors (Lipinski definition) is 7. The Morgan fingerprint density at radius 3 is 1.98 bits per heavy atom. The Balaban J connectivity index is 1.22. The van der Waals surface area contributed by atoms with Crippen LogP contribution in [0.3, 0.4) is 0 Å². The first kappa shape index (κ1) is 54.8. The van der Waals surface area contributed by atoms with Crippen LogP contribution in [0, 0.1) is 46.3 Å². The van der Waals surface area contributed by atoms with Crippen LogP contribution in [0.5, 0.6) is 0 Å². The molecule has 0 saturated heterocycles. The van der Waals surface area contributed by atoms with Crippen molar-refractivity contribution in [3.63, 3.8) is 0 Å². The van der Waals surface area contributed by atoms with Gasteiger partial charge in [0.1, 0.15) is 17.3 Å². The molecular weight excluding hydrogens is 815 g/mol. The lowest BCUT2D eigenvalue weighted by molar-refractivity contribution is -0.151. The smallest absolute Gasteiger partial charge is 0.407 e. The number of ether oxygens (including phenoxy) is 3. The molecule has 4 aliphatic rings. The van der Waals surface area contributed by atoms with Crippen molar-refractivity contribution >= 4 is 24.1 Å². The van der Waals surface area contributed by atoms with Crippen molar-refractivity contribution in [3.05, 3.63) is 11.6 Å². The molecule has 0 heterocycles. The van der Waals surface area contributed by atoms with E-state index in [0.717, 1.165) is 93.3 Å². The van der Waals surface area contributed by atoms with Gasteiger partial charge in [-0.1, -0.05) is 84.8 Å². The van der Waals surface area contributed by atoms with Crippen molar-refractivity contribution in [1.29, 1.82) is 0 Å². The van der Waals surface area contributed by atoms with Gasteiger partial charge in [-0.15, -0.1) is 0 Å². The summed E-state index contributed by atoms with van der Waals surface area (Å²) >= 11 is 0. The van der Waals surface area contributed by atoms with E-state index in [1.165, 1.54) is 56.9 Å². The summed E-state index contributed by atoms with van der Waals surface area (Å²) in [5.41, 5.74) is 1.15. The van der Waals surface area contributed by atoms with Crippen LogP contribution in [0.2, 0.25) is 0 Å². The third kappa shape index (κ3) is 17.0. The predicted octanol–water partition coefficient (Wildman–Crippen LogP) is 13.5. The Morgan fingerprint density at radius 2 is 1.34 bits per heavy atom. The average Bonchev–Trinajstić information content (AvgIpc) is 3.52. The first-order chi connectivity index (χ1) is 30.4. The summed E-state index contributed by atoms with van der Waals surface area (Å²) in [4.78, 5) is 53.4. The average molecular weight is 912 g/mol. The summed E-state index contributed by atoms with van der Waals surface area (Å²) in [5.74, 6) is 4.70. The fraction of sp³-hybridized carbons (Fsp3) is 0.891. The van der Waals surface area contributed by atoms with Gasteiger partial charge in [0, 0.05) is 44.4 Å². The van der Waals surface area contributed by atoms with E-state index >= 15 is 0 Å². The van der Waals surface area contributed by atoms with E-state index in [1.807, 2.05) is 60.3 Å².